The lowest BCUT2D eigenvalue weighted by atomic mass is 10.3. The SMILES string of the molecule is CCCN(C)S(=O)(=O)N1CCNC(C)C1.Cl. The fraction of sp³-hybridized carbons (Fsp3) is 1.00. The highest BCUT2D eigenvalue weighted by molar-refractivity contribution is 7.86. The molecule has 0 aromatic heterocycles. The van der Waals surface area contributed by atoms with Gasteiger partial charge in [-0.3, -0.25) is 0 Å². The Kier molecular flexibility index (Phi) is 6.81. The number of hydrogen-bond acceptors (Lipinski definition) is 3. The van der Waals surface area contributed by atoms with Crippen LogP contribution in [0.1, 0.15) is 20.3 Å². The minimum atomic E-state index is -3.23. The highest BCUT2D eigenvalue weighted by Gasteiger charge is 2.29. The van der Waals surface area contributed by atoms with Crippen LogP contribution < -0.4 is 5.32 Å². The maximum absolute atomic E-state index is 12.0. The molecule has 1 saturated heterocycles. The van der Waals surface area contributed by atoms with Gasteiger partial charge >= 0.3 is 0 Å². The smallest absolute Gasteiger partial charge is 0.281 e. The van der Waals surface area contributed by atoms with Gasteiger partial charge in [0.05, 0.1) is 0 Å². The number of hydrogen-bond donors (Lipinski definition) is 1. The standard InChI is InChI=1S/C9H21N3O2S.ClH/c1-4-6-11(3)15(13,14)12-7-5-10-9(2)8-12;/h9-10H,4-8H2,1-3H3;1H. The second-order valence-electron chi connectivity index (χ2n) is 4.04. The molecule has 0 aromatic carbocycles. The van der Waals surface area contributed by atoms with Crippen LogP contribution in [-0.2, 0) is 10.2 Å². The topological polar surface area (TPSA) is 52.7 Å². The number of nitrogens with zero attached hydrogens (tertiary/aromatic N) is 2. The van der Waals surface area contributed by atoms with E-state index in [1.165, 1.54) is 4.31 Å². The van der Waals surface area contributed by atoms with Crippen LogP contribution in [0.15, 0.2) is 0 Å². The summed E-state index contributed by atoms with van der Waals surface area (Å²) < 4.78 is 27.1. The third-order valence-corrected chi connectivity index (χ3v) is 4.54. The molecule has 16 heavy (non-hydrogen) atoms. The zero-order valence-electron chi connectivity index (χ0n) is 10.1. The predicted octanol–water partition coefficient (Wildman–Crippen LogP) is 0.288. The van der Waals surface area contributed by atoms with Crippen LogP contribution in [0.5, 0.6) is 0 Å². The number of nitrogens with one attached hydrogen (secondary N) is 1. The van der Waals surface area contributed by atoms with Crippen molar-refractivity contribution in [1.82, 2.24) is 13.9 Å². The van der Waals surface area contributed by atoms with Gasteiger partial charge < -0.3 is 5.32 Å². The van der Waals surface area contributed by atoms with Gasteiger partial charge in [0.2, 0.25) is 0 Å². The van der Waals surface area contributed by atoms with Crippen molar-refractivity contribution >= 4 is 22.6 Å². The average Bonchev–Trinajstić information content (AvgIpc) is 2.18. The summed E-state index contributed by atoms with van der Waals surface area (Å²) in [5.74, 6) is 0. The third-order valence-electron chi connectivity index (χ3n) is 2.59. The zero-order chi connectivity index (χ0) is 11.5. The van der Waals surface area contributed by atoms with Gasteiger partial charge in [-0.05, 0) is 13.3 Å². The second-order valence-corrected chi connectivity index (χ2v) is 6.08. The normalized spacial score (nSPS) is 23.1. The molecule has 0 spiro atoms. The molecule has 1 aliphatic heterocycles. The van der Waals surface area contributed by atoms with E-state index in [0.29, 0.717) is 19.6 Å². The summed E-state index contributed by atoms with van der Waals surface area (Å²) in [5, 5.41) is 3.23. The van der Waals surface area contributed by atoms with E-state index in [4.69, 9.17) is 0 Å². The van der Waals surface area contributed by atoms with Gasteiger partial charge in [-0.2, -0.15) is 17.0 Å². The van der Waals surface area contributed by atoms with Crippen molar-refractivity contribution < 1.29 is 8.42 Å². The van der Waals surface area contributed by atoms with E-state index in [1.54, 1.807) is 11.4 Å². The minimum absolute atomic E-state index is 0. The van der Waals surface area contributed by atoms with E-state index >= 15 is 0 Å². The van der Waals surface area contributed by atoms with Crippen molar-refractivity contribution in [3.8, 4) is 0 Å². The first kappa shape index (κ1) is 16.1. The van der Waals surface area contributed by atoms with Gasteiger partial charge in [0.15, 0.2) is 0 Å². The molecule has 98 valence electrons. The molecular weight excluding hydrogens is 250 g/mol. The molecule has 0 aromatic rings. The van der Waals surface area contributed by atoms with Crippen molar-refractivity contribution in [1.29, 1.82) is 0 Å². The van der Waals surface area contributed by atoms with Crippen molar-refractivity contribution in [3.05, 3.63) is 0 Å². The van der Waals surface area contributed by atoms with Crippen LogP contribution in [0.25, 0.3) is 0 Å². The van der Waals surface area contributed by atoms with Crippen molar-refractivity contribution in [2.24, 2.45) is 0 Å². The summed E-state index contributed by atoms with van der Waals surface area (Å²) in [5.41, 5.74) is 0. The Bertz CT molecular complexity index is 297. The van der Waals surface area contributed by atoms with Crippen LogP contribution in [0.2, 0.25) is 0 Å². The lowest BCUT2D eigenvalue weighted by molar-refractivity contribution is 0.288. The molecule has 1 N–H and O–H groups in total. The van der Waals surface area contributed by atoms with Gasteiger partial charge in [-0.1, -0.05) is 6.92 Å². The molecular formula is C9H22ClN3O2S. The molecule has 0 amide bonds. The van der Waals surface area contributed by atoms with Gasteiger partial charge in [-0.25, -0.2) is 0 Å². The molecule has 1 atom stereocenters. The summed E-state index contributed by atoms with van der Waals surface area (Å²) in [6.45, 7) is 6.44. The number of halogens is 1. The molecule has 0 saturated carbocycles. The van der Waals surface area contributed by atoms with Crippen molar-refractivity contribution in [2.45, 2.75) is 26.3 Å². The Labute approximate surface area is 105 Å². The largest absolute Gasteiger partial charge is 0.312 e. The molecule has 7 heteroatoms. The second kappa shape index (κ2) is 6.76. The predicted molar refractivity (Wildman–Crippen MR) is 68.1 cm³/mol. The van der Waals surface area contributed by atoms with E-state index in [0.717, 1.165) is 13.0 Å². The summed E-state index contributed by atoms with van der Waals surface area (Å²) in [6.07, 6.45) is 0.845. The summed E-state index contributed by atoms with van der Waals surface area (Å²) in [4.78, 5) is 0. The van der Waals surface area contributed by atoms with Crippen LogP contribution in [-0.4, -0.2) is 56.3 Å². The monoisotopic (exact) mass is 271 g/mol. The fourth-order valence-corrected chi connectivity index (χ4v) is 3.28. The van der Waals surface area contributed by atoms with Crippen LogP contribution in [0, 0.1) is 0 Å². The Morgan fingerprint density at radius 3 is 2.62 bits per heavy atom. The lowest BCUT2D eigenvalue weighted by Gasteiger charge is -2.33. The maximum Gasteiger partial charge on any atom is 0.281 e. The van der Waals surface area contributed by atoms with Gasteiger partial charge in [-0.15, -0.1) is 12.4 Å². The molecule has 1 aliphatic rings. The van der Waals surface area contributed by atoms with E-state index in [1.807, 2.05) is 13.8 Å². The van der Waals surface area contributed by atoms with E-state index in [9.17, 15) is 8.42 Å². The van der Waals surface area contributed by atoms with E-state index < -0.39 is 10.2 Å². The fourth-order valence-electron chi connectivity index (χ4n) is 1.73. The average molecular weight is 272 g/mol. The molecule has 5 nitrogen and oxygen atoms in total. The molecule has 1 rings (SSSR count). The maximum atomic E-state index is 12.0. The van der Waals surface area contributed by atoms with Crippen molar-refractivity contribution in [2.75, 3.05) is 33.2 Å². The quantitative estimate of drug-likeness (QED) is 0.800. The molecule has 0 bridgehead atoms. The molecule has 1 heterocycles. The Balaban J connectivity index is 0.00000225. The zero-order valence-corrected chi connectivity index (χ0v) is 11.8. The van der Waals surface area contributed by atoms with Crippen molar-refractivity contribution in [3.63, 3.8) is 0 Å². The van der Waals surface area contributed by atoms with Crippen LogP contribution in [0.3, 0.4) is 0 Å². The van der Waals surface area contributed by atoms with E-state index in [-0.39, 0.29) is 18.4 Å². The highest BCUT2D eigenvalue weighted by atomic mass is 35.5. The Morgan fingerprint density at radius 1 is 1.50 bits per heavy atom. The van der Waals surface area contributed by atoms with Gasteiger partial charge in [0, 0.05) is 39.3 Å². The highest BCUT2D eigenvalue weighted by Crippen LogP contribution is 2.09. The first-order chi connectivity index (χ1) is 6.98. The Morgan fingerprint density at radius 2 is 2.12 bits per heavy atom. The number of piperazine rings is 1. The first-order valence-electron chi connectivity index (χ1n) is 5.43. The summed E-state index contributed by atoms with van der Waals surface area (Å²) in [7, 11) is -1.59. The molecule has 1 unspecified atom stereocenters. The third kappa shape index (κ3) is 3.85. The van der Waals surface area contributed by atoms with Crippen LogP contribution >= 0.6 is 12.4 Å². The lowest BCUT2D eigenvalue weighted by Crippen LogP contribution is -2.54. The summed E-state index contributed by atoms with van der Waals surface area (Å²) in [6, 6.07) is 0.239. The Hall–Kier alpha value is 0.120. The van der Waals surface area contributed by atoms with Gasteiger partial charge in [0.25, 0.3) is 10.2 Å². The molecule has 0 radical (unpaired) electrons. The minimum Gasteiger partial charge on any atom is -0.312 e. The van der Waals surface area contributed by atoms with Gasteiger partial charge in [0.1, 0.15) is 0 Å². The number of rotatable bonds is 4. The first-order valence-corrected chi connectivity index (χ1v) is 6.83. The molecule has 0 aliphatic carbocycles. The molecule has 1 fully saturated rings. The van der Waals surface area contributed by atoms with E-state index in [2.05, 4.69) is 5.32 Å². The summed E-state index contributed by atoms with van der Waals surface area (Å²) >= 11 is 0. The van der Waals surface area contributed by atoms with Crippen LogP contribution in [0.4, 0.5) is 0 Å².